The molecule has 0 rings (SSSR count). The second-order valence-corrected chi connectivity index (χ2v) is 6.26. The molecule has 0 aromatic carbocycles. The topological polar surface area (TPSA) is 0 Å². The molecule has 0 aromatic rings. The van der Waals surface area contributed by atoms with Gasteiger partial charge in [0.1, 0.15) is 0 Å². The summed E-state index contributed by atoms with van der Waals surface area (Å²) in [7, 11) is 4.05. The van der Waals surface area contributed by atoms with Gasteiger partial charge in [-0.2, -0.15) is 0 Å². The van der Waals surface area contributed by atoms with Crippen molar-refractivity contribution in [1.29, 1.82) is 0 Å². The summed E-state index contributed by atoms with van der Waals surface area (Å²) in [5.74, 6) is 1.24. The largest absolute Gasteiger partial charge is 0.0942 e. The van der Waals surface area contributed by atoms with Gasteiger partial charge >= 0.3 is 0 Å². The van der Waals surface area contributed by atoms with Gasteiger partial charge in [-0.3, -0.25) is 0 Å². The Balaban J connectivity index is 3.02. The SMILES string of the molecule is CCCCCCC(C)SSCC. The molecule has 0 bridgehead atoms. The summed E-state index contributed by atoms with van der Waals surface area (Å²) in [4.78, 5) is 0. The monoisotopic (exact) mass is 206 g/mol. The summed E-state index contributed by atoms with van der Waals surface area (Å²) in [5, 5.41) is 0.854. The smallest absolute Gasteiger partial charge is 0.0123 e. The van der Waals surface area contributed by atoms with Crippen LogP contribution < -0.4 is 0 Å². The van der Waals surface area contributed by atoms with Crippen LogP contribution in [0, 0.1) is 0 Å². The minimum absolute atomic E-state index is 0.854. The summed E-state index contributed by atoms with van der Waals surface area (Å²) in [6, 6.07) is 0. The van der Waals surface area contributed by atoms with Crippen LogP contribution in [-0.4, -0.2) is 11.0 Å². The maximum Gasteiger partial charge on any atom is 0.0123 e. The molecule has 0 radical (unpaired) electrons. The fourth-order valence-electron chi connectivity index (χ4n) is 1.09. The molecule has 0 aliphatic heterocycles. The van der Waals surface area contributed by atoms with Gasteiger partial charge < -0.3 is 0 Å². The molecule has 0 heterocycles. The Morgan fingerprint density at radius 3 is 2.42 bits per heavy atom. The third-order valence-corrected chi connectivity index (χ3v) is 4.85. The standard InChI is InChI=1S/C10H22S2/c1-4-6-7-8-9-10(3)12-11-5-2/h10H,4-9H2,1-3H3. The number of hydrogen-bond donors (Lipinski definition) is 0. The van der Waals surface area contributed by atoms with Crippen molar-refractivity contribution in [2.45, 2.75) is 58.1 Å². The molecule has 0 saturated heterocycles. The first-order valence-electron chi connectivity index (χ1n) is 5.09. The van der Waals surface area contributed by atoms with Crippen LogP contribution >= 0.6 is 21.6 Å². The van der Waals surface area contributed by atoms with E-state index in [0.29, 0.717) is 0 Å². The van der Waals surface area contributed by atoms with E-state index in [-0.39, 0.29) is 0 Å². The molecule has 1 atom stereocenters. The van der Waals surface area contributed by atoms with E-state index in [0.717, 1.165) is 5.25 Å². The predicted molar refractivity (Wildman–Crippen MR) is 63.9 cm³/mol. The normalized spacial score (nSPS) is 13.2. The molecule has 0 N–H and O–H groups in total. The van der Waals surface area contributed by atoms with Crippen LogP contribution in [0.4, 0.5) is 0 Å². The second-order valence-electron chi connectivity index (χ2n) is 3.16. The molecular formula is C10H22S2. The molecule has 0 fully saturated rings. The molecule has 74 valence electrons. The molecule has 0 nitrogen and oxygen atoms in total. The zero-order chi connectivity index (χ0) is 9.23. The predicted octanol–water partition coefficient (Wildman–Crippen LogP) is 4.75. The van der Waals surface area contributed by atoms with Crippen molar-refractivity contribution in [2.24, 2.45) is 0 Å². The Bertz CT molecular complexity index is 83.9. The molecule has 2 heteroatoms. The van der Waals surface area contributed by atoms with Gasteiger partial charge in [-0.1, -0.05) is 68.0 Å². The van der Waals surface area contributed by atoms with E-state index >= 15 is 0 Å². The molecule has 0 amide bonds. The van der Waals surface area contributed by atoms with Crippen molar-refractivity contribution in [3.63, 3.8) is 0 Å². The van der Waals surface area contributed by atoms with Crippen LogP contribution in [0.15, 0.2) is 0 Å². The highest BCUT2D eigenvalue weighted by Crippen LogP contribution is 2.29. The van der Waals surface area contributed by atoms with Crippen molar-refractivity contribution in [3.8, 4) is 0 Å². The van der Waals surface area contributed by atoms with E-state index in [1.165, 1.54) is 37.9 Å². The number of unbranched alkanes of at least 4 members (excludes halogenated alkanes) is 3. The van der Waals surface area contributed by atoms with Gasteiger partial charge in [-0.15, -0.1) is 0 Å². The summed E-state index contributed by atoms with van der Waals surface area (Å²) >= 11 is 0. The molecule has 12 heavy (non-hydrogen) atoms. The highest BCUT2D eigenvalue weighted by atomic mass is 33.1. The first-order valence-corrected chi connectivity index (χ1v) is 7.47. The van der Waals surface area contributed by atoms with E-state index in [1.54, 1.807) is 0 Å². The summed E-state index contributed by atoms with van der Waals surface area (Å²) in [5.41, 5.74) is 0. The molecule has 0 aromatic heterocycles. The lowest BCUT2D eigenvalue weighted by Crippen LogP contribution is -1.93. The van der Waals surface area contributed by atoms with Crippen molar-refractivity contribution in [3.05, 3.63) is 0 Å². The molecule has 0 saturated carbocycles. The summed E-state index contributed by atoms with van der Waals surface area (Å²) in [6.45, 7) is 6.84. The van der Waals surface area contributed by atoms with Gasteiger partial charge in [0, 0.05) is 11.0 Å². The first-order chi connectivity index (χ1) is 5.81. The van der Waals surface area contributed by atoms with Crippen LogP contribution in [0.3, 0.4) is 0 Å². The minimum atomic E-state index is 0.854. The Hall–Kier alpha value is 0.700. The zero-order valence-electron chi connectivity index (χ0n) is 8.64. The Morgan fingerprint density at radius 2 is 1.83 bits per heavy atom. The maximum absolute atomic E-state index is 2.35. The van der Waals surface area contributed by atoms with E-state index < -0.39 is 0 Å². The lowest BCUT2D eigenvalue weighted by atomic mass is 10.1. The Labute approximate surface area is 85.7 Å². The molecule has 0 aliphatic rings. The highest BCUT2D eigenvalue weighted by molar-refractivity contribution is 8.76. The van der Waals surface area contributed by atoms with Crippen molar-refractivity contribution < 1.29 is 0 Å². The molecular weight excluding hydrogens is 184 g/mol. The number of hydrogen-bond acceptors (Lipinski definition) is 2. The Kier molecular flexibility index (Phi) is 10.4. The van der Waals surface area contributed by atoms with E-state index in [9.17, 15) is 0 Å². The molecule has 0 aliphatic carbocycles. The van der Waals surface area contributed by atoms with Crippen molar-refractivity contribution >= 4 is 21.6 Å². The van der Waals surface area contributed by atoms with Crippen molar-refractivity contribution in [1.82, 2.24) is 0 Å². The van der Waals surface area contributed by atoms with Gasteiger partial charge in [-0.25, -0.2) is 0 Å². The van der Waals surface area contributed by atoms with E-state index in [1.807, 2.05) is 10.8 Å². The van der Waals surface area contributed by atoms with Crippen LogP contribution in [0.25, 0.3) is 0 Å². The first kappa shape index (κ1) is 12.7. The molecule has 0 spiro atoms. The van der Waals surface area contributed by atoms with Crippen LogP contribution in [-0.2, 0) is 0 Å². The lowest BCUT2D eigenvalue weighted by Gasteiger charge is -2.08. The van der Waals surface area contributed by atoms with Gasteiger partial charge in [0.2, 0.25) is 0 Å². The van der Waals surface area contributed by atoms with Crippen LogP contribution in [0.2, 0.25) is 0 Å². The second kappa shape index (κ2) is 9.79. The van der Waals surface area contributed by atoms with Crippen molar-refractivity contribution in [2.75, 3.05) is 5.75 Å². The average molecular weight is 206 g/mol. The van der Waals surface area contributed by atoms with Crippen LogP contribution in [0.5, 0.6) is 0 Å². The van der Waals surface area contributed by atoms with Gasteiger partial charge in [0.25, 0.3) is 0 Å². The van der Waals surface area contributed by atoms with E-state index in [4.69, 9.17) is 0 Å². The maximum atomic E-state index is 2.35. The third kappa shape index (κ3) is 8.79. The van der Waals surface area contributed by atoms with E-state index in [2.05, 4.69) is 31.6 Å². The minimum Gasteiger partial charge on any atom is -0.0942 e. The van der Waals surface area contributed by atoms with Gasteiger partial charge in [0.05, 0.1) is 0 Å². The van der Waals surface area contributed by atoms with Gasteiger partial charge in [0.15, 0.2) is 0 Å². The van der Waals surface area contributed by atoms with Gasteiger partial charge in [-0.05, 0) is 6.42 Å². The third-order valence-electron chi connectivity index (χ3n) is 1.81. The highest BCUT2D eigenvalue weighted by Gasteiger charge is 2.01. The van der Waals surface area contributed by atoms with Crippen LogP contribution in [0.1, 0.15) is 52.9 Å². The average Bonchev–Trinajstić information content (AvgIpc) is 2.09. The summed E-state index contributed by atoms with van der Waals surface area (Å²) in [6.07, 6.45) is 7.02. The fraction of sp³-hybridized carbons (Fsp3) is 1.00. The Morgan fingerprint density at radius 1 is 1.08 bits per heavy atom. The molecule has 1 unspecified atom stereocenters. The number of rotatable bonds is 8. The lowest BCUT2D eigenvalue weighted by molar-refractivity contribution is 0.631. The fourth-order valence-corrected chi connectivity index (χ4v) is 3.12. The zero-order valence-corrected chi connectivity index (χ0v) is 10.3. The summed E-state index contributed by atoms with van der Waals surface area (Å²) < 4.78 is 0. The quantitative estimate of drug-likeness (QED) is 0.415.